The number of benzene rings is 1. The second kappa shape index (κ2) is 6.46. The zero-order valence-corrected chi connectivity index (χ0v) is 12.2. The highest BCUT2D eigenvalue weighted by Gasteiger charge is 2.26. The van der Waals surface area contributed by atoms with Gasteiger partial charge >= 0.3 is 0 Å². The molecule has 0 bridgehead atoms. The Labute approximate surface area is 121 Å². The molecule has 0 saturated carbocycles. The Balaban J connectivity index is 1.49. The van der Waals surface area contributed by atoms with E-state index in [4.69, 9.17) is 9.47 Å². The first-order chi connectivity index (χ1) is 9.86. The van der Waals surface area contributed by atoms with Gasteiger partial charge in [0.25, 0.3) is 0 Å². The fourth-order valence-corrected chi connectivity index (χ4v) is 3.11. The van der Waals surface area contributed by atoms with Crippen molar-refractivity contribution in [1.82, 2.24) is 10.2 Å². The molecular formula is C16H24N2O2. The van der Waals surface area contributed by atoms with E-state index in [1.165, 1.54) is 12.8 Å². The first-order valence-corrected chi connectivity index (χ1v) is 7.74. The van der Waals surface area contributed by atoms with E-state index in [1.54, 1.807) is 0 Å². The molecule has 0 atom stereocenters. The number of nitrogens with one attached hydrogen (secondary N) is 1. The minimum atomic E-state index is -0.122. The van der Waals surface area contributed by atoms with Crippen LogP contribution in [0.1, 0.15) is 26.2 Å². The summed E-state index contributed by atoms with van der Waals surface area (Å²) in [5.74, 6) is 1.75. The number of hydrogen-bond donors (Lipinski definition) is 1. The first kappa shape index (κ1) is 13.7. The van der Waals surface area contributed by atoms with Gasteiger partial charge in [-0.05, 0) is 44.6 Å². The SMILES string of the molecule is CCN(CCC1Oc2ccccc2O1)C1CCNCC1. The highest BCUT2D eigenvalue weighted by atomic mass is 16.7. The lowest BCUT2D eigenvalue weighted by Gasteiger charge is -2.34. The maximum absolute atomic E-state index is 5.83. The second-order valence-electron chi connectivity index (χ2n) is 5.51. The van der Waals surface area contributed by atoms with Gasteiger partial charge in [0.05, 0.1) is 0 Å². The fraction of sp³-hybridized carbons (Fsp3) is 0.625. The molecule has 2 aliphatic heterocycles. The zero-order valence-electron chi connectivity index (χ0n) is 12.2. The molecule has 0 spiro atoms. The molecule has 1 saturated heterocycles. The van der Waals surface area contributed by atoms with Crippen LogP contribution in [0.25, 0.3) is 0 Å². The van der Waals surface area contributed by atoms with Gasteiger partial charge in [-0.2, -0.15) is 0 Å². The number of ether oxygens (including phenoxy) is 2. The van der Waals surface area contributed by atoms with Gasteiger partial charge in [-0.1, -0.05) is 19.1 Å². The molecule has 1 aromatic carbocycles. The molecule has 0 unspecified atom stereocenters. The van der Waals surface area contributed by atoms with E-state index in [0.717, 1.165) is 44.1 Å². The third-order valence-electron chi connectivity index (χ3n) is 4.25. The molecule has 0 aromatic heterocycles. The monoisotopic (exact) mass is 276 g/mol. The molecule has 2 aliphatic rings. The Bertz CT molecular complexity index is 407. The fourth-order valence-electron chi connectivity index (χ4n) is 3.11. The van der Waals surface area contributed by atoms with E-state index in [0.29, 0.717) is 6.04 Å². The predicted molar refractivity (Wildman–Crippen MR) is 79.2 cm³/mol. The van der Waals surface area contributed by atoms with Crippen LogP contribution in [0, 0.1) is 0 Å². The van der Waals surface area contributed by atoms with E-state index in [1.807, 2.05) is 24.3 Å². The van der Waals surface area contributed by atoms with E-state index < -0.39 is 0 Å². The summed E-state index contributed by atoms with van der Waals surface area (Å²) in [6.45, 7) is 6.67. The highest BCUT2D eigenvalue weighted by Crippen LogP contribution is 2.34. The van der Waals surface area contributed by atoms with Crippen molar-refractivity contribution in [1.29, 1.82) is 0 Å². The van der Waals surface area contributed by atoms with Gasteiger partial charge in [-0.25, -0.2) is 0 Å². The summed E-state index contributed by atoms with van der Waals surface area (Å²) < 4.78 is 11.7. The summed E-state index contributed by atoms with van der Waals surface area (Å²) in [5, 5.41) is 3.43. The molecule has 1 aromatic rings. The highest BCUT2D eigenvalue weighted by molar-refractivity contribution is 5.41. The minimum Gasteiger partial charge on any atom is -0.451 e. The first-order valence-electron chi connectivity index (χ1n) is 7.74. The molecule has 4 heteroatoms. The molecule has 2 heterocycles. The summed E-state index contributed by atoms with van der Waals surface area (Å²) in [6, 6.07) is 8.63. The van der Waals surface area contributed by atoms with Gasteiger partial charge in [0, 0.05) is 19.0 Å². The van der Waals surface area contributed by atoms with Gasteiger partial charge in [0.2, 0.25) is 6.29 Å². The van der Waals surface area contributed by atoms with Gasteiger partial charge in [0.1, 0.15) is 0 Å². The van der Waals surface area contributed by atoms with Crippen molar-refractivity contribution in [3.05, 3.63) is 24.3 Å². The van der Waals surface area contributed by atoms with Crippen molar-refractivity contribution in [3.63, 3.8) is 0 Å². The van der Waals surface area contributed by atoms with Crippen molar-refractivity contribution in [2.24, 2.45) is 0 Å². The van der Waals surface area contributed by atoms with Crippen molar-refractivity contribution in [3.8, 4) is 11.5 Å². The Morgan fingerprint density at radius 1 is 1.15 bits per heavy atom. The summed E-state index contributed by atoms with van der Waals surface area (Å²) in [4.78, 5) is 2.57. The predicted octanol–water partition coefficient (Wildman–Crippen LogP) is 2.25. The van der Waals surface area contributed by atoms with Crippen LogP contribution >= 0.6 is 0 Å². The van der Waals surface area contributed by atoms with Crippen LogP contribution in [0.2, 0.25) is 0 Å². The van der Waals surface area contributed by atoms with Gasteiger partial charge in [0.15, 0.2) is 11.5 Å². The van der Waals surface area contributed by atoms with Crippen LogP contribution in [0.15, 0.2) is 24.3 Å². The number of rotatable bonds is 5. The van der Waals surface area contributed by atoms with E-state index in [-0.39, 0.29) is 6.29 Å². The lowest BCUT2D eigenvalue weighted by Crippen LogP contribution is -2.44. The van der Waals surface area contributed by atoms with Gasteiger partial charge < -0.3 is 19.7 Å². The molecule has 0 amide bonds. The number of nitrogens with zero attached hydrogens (tertiary/aromatic N) is 1. The topological polar surface area (TPSA) is 33.7 Å². The summed E-state index contributed by atoms with van der Waals surface area (Å²) in [5.41, 5.74) is 0. The average molecular weight is 276 g/mol. The van der Waals surface area contributed by atoms with Crippen LogP contribution < -0.4 is 14.8 Å². The molecular weight excluding hydrogens is 252 g/mol. The Kier molecular flexibility index (Phi) is 4.43. The molecule has 20 heavy (non-hydrogen) atoms. The van der Waals surface area contributed by atoms with Crippen molar-refractivity contribution in [2.75, 3.05) is 26.2 Å². The normalized spacial score (nSPS) is 19.7. The standard InChI is InChI=1S/C16H24N2O2/c1-2-18(13-7-10-17-11-8-13)12-9-16-19-14-5-3-4-6-15(14)20-16/h3-6,13,16-17H,2,7-12H2,1H3. The molecule has 3 rings (SSSR count). The van der Waals surface area contributed by atoms with E-state index in [2.05, 4.69) is 17.1 Å². The molecule has 110 valence electrons. The lowest BCUT2D eigenvalue weighted by molar-refractivity contribution is 0.0262. The average Bonchev–Trinajstić information content (AvgIpc) is 2.92. The van der Waals surface area contributed by atoms with E-state index >= 15 is 0 Å². The van der Waals surface area contributed by atoms with Gasteiger partial charge in [-0.15, -0.1) is 0 Å². The van der Waals surface area contributed by atoms with Crippen molar-refractivity contribution in [2.45, 2.75) is 38.5 Å². The number of hydrogen-bond acceptors (Lipinski definition) is 4. The Morgan fingerprint density at radius 3 is 2.40 bits per heavy atom. The number of para-hydroxylation sites is 2. The zero-order chi connectivity index (χ0) is 13.8. The Morgan fingerprint density at radius 2 is 1.80 bits per heavy atom. The van der Waals surface area contributed by atoms with Crippen LogP contribution in [0.4, 0.5) is 0 Å². The quantitative estimate of drug-likeness (QED) is 0.894. The molecule has 0 aliphatic carbocycles. The Hall–Kier alpha value is -1.26. The van der Waals surface area contributed by atoms with Crippen molar-refractivity contribution < 1.29 is 9.47 Å². The smallest absolute Gasteiger partial charge is 0.242 e. The van der Waals surface area contributed by atoms with Crippen LogP contribution in [0.5, 0.6) is 11.5 Å². The van der Waals surface area contributed by atoms with E-state index in [9.17, 15) is 0 Å². The second-order valence-corrected chi connectivity index (χ2v) is 5.51. The lowest BCUT2D eigenvalue weighted by atomic mass is 10.0. The molecule has 1 N–H and O–H groups in total. The van der Waals surface area contributed by atoms with Crippen LogP contribution in [-0.2, 0) is 0 Å². The minimum absolute atomic E-state index is 0.122. The summed E-state index contributed by atoms with van der Waals surface area (Å²) in [7, 11) is 0. The van der Waals surface area contributed by atoms with Gasteiger partial charge in [-0.3, -0.25) is 0 Å². The molecule has 1 fully saturated rings. The molecule has 0 radical (unpaired) electrons. The third kappa shape index (κ3) is 3.07. The van der Waals surface area contributed by atoms with Crippen molar-refractivity contribution >= 4 is 0 Å². The summed E-state index contributed by atoms with van der Waals surface area (Å²) >= 11 is 0. The molecule has 4 nitrogen and oxygen atoms in total. The van der Waals surface area contributed by atoms with Crippen LogP contribution in [-0.4, -0.2) is 43.4 Å². The largest absolute Gasteiger partial charge is 0.451 e. The maximum Gasteiger partial charge on any atom is 0.242 e. The summed E-state index contributed by atoms with van der Waals surface area (Å²) in [6.07, 6.45) is 3.30. The number of fused-ring (bicyclic) bond motifs is 1. The third-order valence-corrected chi connectivity index (χ3v) is 4.25. The number of piperidine rings is 1. The maximum atomic E-state index is 5.83. The van der Waals surface area contributed by atoms with Crippen LogP contribution in [0.3, 0.4) is 0 Å².